The van der Waals surface area contributed by atoms with Gasteiger partial charge in [-0.2, -0.15) is 0 Å². The highest BCUT2D eigenvalue weighted by atomic mass is 79.9. The Morgan fingerprint density at radius 1 is 1.19 bits per heavy atom. The van der Waals surface area contributed by atoms with Crippen molar-refractivity contribution in [2.24, 2.45) is 5.41 Å². The second kappa shape index (κ2) is 7.59. The number of alkyl halides is 1. The Bertz CT molecular complexity index is 484. The van der Waals surface area contributed by atoms with Crippen molar-refractivity contribution >= 4 is 27.8 Å². The van der Waals surface area contributed by atoms with E-state index in [1.807, 2.05) is 30.3 Å². The lowest BCUT2D eigenvalue weighted by Gasteiger charge is -2.26. The van der Waals surface area contributed by atoms with E-state index in [1.165, 1.54) is 0 Å². The summed E-state index contributed by atoms with van der Waals surface area (Å²) in [4.78, 5) is 23.9. The van der Waals surface area contributed by atoms with Gasteiger partial charge in [0.15, 0.2) is 5.78 Å². The van der Waals surface area contributed by atoms with Gasteiger partial charge < -0.3 is 10.1 Å². The molecule has 1 aromatic rings. The van der Waals surface area contributed by atoms with Crippen LogP contribution in [-0.2, 0) is 16.1 Å². The average Bonchev–Trinajstić information content (AvgIpc) is 3.01. The third-order valence-electron chi connectivity index (χ3n) is 4.06. The maximum absolute atomic E-state index is 12.1. The molecule has 5 heteroatoms. The molecule has 2 rings (SSSR count). The predicted octanol–water partition coefficient (Wildman–Crippen LogP) is 3.44. The first kappa shape index (κ1) is 16.0. The Kier molecular flexibility index (Phi) is 5.79. The third-order valence-corrected chi connectivity index (χ3v) is 4.57. The highest BCUT2D eigenvalue weighted by Crippen LogP contribution is 2.38. The zero-order chi connectivity index (χ0) is 15.1. The van der Waals surface area contributed by atoms with Gasteiger partial charge >= 0.3 is 6.09 Å². The van der Waals surface area contributed by atoms with Crippen LogP contribution < -0.4 is 5.32 Å². The lowest BCUT2D eigenvalue weighted by atomic mass is 9.82. The van der Waals surface area contributed by atoms with Crippen LogP contribution in [0.4, 0.5) is 4.79 Å². The summed E-state index contributed by atoms with van der Waals surface area (Å²) in [6, 6.07) is 9.52. The van der Waals surface area contributed by atoms with Gasteiger partial charge in [0.2, 0.25) is 0 Å². The summed E-state index contributed by atoms with van der Waals surface area (Å²) in [7, 11) is 0. The van der Waals surface area contributed by atoms with Crippen LogP contribution in [0.3, 0.4) is 0 Å². The highest BCUT2D eigenvalue weighted by Gasteiger charge is 2.40. The van der Waals surface area contributed by atoms with Crippen LogP contribution >= 0.6 is 15.9 Å². The summed E-state index contributed by atoms with van der Waals surface area (Å²) in [6.45, 7) is 0.608. The van der Waals surface area contributed by atoms with Gasteiger partial charge in [-0.1, -0.05) is 59.1 Å². The number of ether oxygens (including phenoxy) is 1. The smallest absolute Gasteiger partial charge is 0.407 e. The summed E-state index contributed by atoms with van der Waals surface area (Å²) in [6.07, 6.45) is 3.30. The van der Waals surface area contributed by atoms with Crippen LogP contribution in [0.2, 0.25) is 0 Å². The third kappa shape index (κ3) is 4.30. The second-order valence-electron chi connectivity index (χ2n) is 5.46. The fraction of sp³-hybridized carbons (Fsp3) is 0.500. The number of alkyl carbamates (subject to hydrolysis) is 1. The minimum atomic E-state index is -0.465. The van der Waals surface area contributed by atoms with E-state index < -0.39 is 11.5 Å². The fourth-order valence-corrected chi connectivity index (χ4v) is 3.36. The van der Waals surface area contributed by atoms with Crippen LogP contribution in [-0.4, -0.2) is 23.8 Å². The van der Waals surface area contributed by atoms with E-state index in [9.17, 15) is 9.59 Å². The molecule has 0 saturated heterocycles. The largest absolute Gasteiger partial charge is 0.445 e. The molecule has 1 amide bonds. The fourth-order valence-electron chi connectivity index (χ4n) is 2.76. The topological polar surface area (TPSA) is 55.4 Å². The molecule has 0 radical (unpaired) electrons. The van der Waals surface area contributed by atoms with Crippen molar-refractivity contribution in [2.75, 3.05) is 11.9 Å². The van der Waals surface area contributed by atoms with Crippen LogP contribution in [0.25, 0.3) is 0 Å². The number of amides is 1. The molecule has 0 unspecified atom stereocenters. The van der Waals surface area contributed by atoms with E-state index in [1.54, 1.807) is 0 Å². The first-order valence-corrected chi connectivity index (χ1v) is 8.32. The van der Waals surface area contributed by atoms with Gasteiger partial charge in [-0.05, 0) is 18.4 Å². The highest BCUT2D eigenvalue weighted by molar-refractivity contribution is 9.09. The van der Waals surface area contributed by atoms with Crippen molar-refractivity contribution in [3.63, 3.8) is 0 Å². The second-order valence-corrected chi connectivity index (χ2v) is 6.02. The molecule has 21 heavy (non-hydrogen) atoms. The molecule has 0 aromatic heterocycles. The minimum Gasteiger partial charge on any atom is -0.445 e. The number of carbonyl (C=O) groups excluding carboxylic acids is 2. The zero-order valence-electron chi connectivity index (χ0n) is 11.9. The summed E-state index contributed by atoms with van der Waals surface area (Å²) in [5.74, 6) is 0.170. The molecule has 0 bridgehead atoms. The molecular weight excluding hydrogens is 334 g/mol. The number of benzene rings is 1. The van der Waals surface area contributed by atoms with E-state index >= 15 is 0 Å². The molecule has 4 nitrogen and oxygen atoms in total. The number of hydrogen-bond donors (Lipinski definition) is 1. The molecule has 114 valence electrons. The molecule has 1 saturated carbocycles. The molecule has 0 atom stereocenters. The van der Waals surface area contributed by atoms with Gasteiger partial charge in [0.05, 0.1) is 5.33 Å². The molecule has 1 aliphatic rings. The quantitative estimate of drug-likeness (QED) is 0.797. The van der Waals surface area contributed by atoms with Crippen LogP contribution in [0.15, 0.2) is 30.3 Å². The van der Waals surface area contributed by atoms with Gasteiger partial charge in [-0.15, -0.1) is 0 Å². The van der Waals surface area contributed by atoms with Gasteiger partial charge in [-0.25, -0.2) is 4.79 Å². The molecule has 0 aliphatic heterocycles. The van der Waals surface area contributed by atoms with Crippen molar-refractivity contribution in [3.8, 4) is 0 Å². The molecule has 1 aromatic carbocycles. The van der Waals surface area contributed by atoms with Gasteiger partial charge in [0.25, 0.3) is 0 Å². The Hall–Kier alpha value is -1.36. The van der Waals surface area contributed by atoms with E-state index in [0.717, 1.165) is 31.2 Å². The van der Waals surface area contributed by atoms with Crippen molar-refractivity contribution in [3.05, 3.63) is 35.9 Å². The zero-order valence-corrected chi connectivity index (χ0v) is 13.5. The number of nitrogens with one attached hydrogen (secondary N) is 1. The molecular formula is C16H20BrNO3. The standard InChI is InChI=1S/C16H20BrNO3/c17-10-14(19)16(8-4-5-9-16)12-18-15(20)21-11-13-6-2-1-3-7-13/h1-3,6-7H,4-5,8-12H2,(H,18,20). The van der Waals surface area contributed by atoms with Crippen LogP contribution in [0.1, 0.15) is 31.2 Å². The first-order chi connectivity index (χ1) is 10.2. The first-order valence-electron chi connectivity index (χ1n) is 7.20. The van der Waals surface area contributed by atoms with Crippen molar-refractivity contribution in [1.29, 1.82) is 0 Å². The lowest BCUT2D eigenvalue weighted by Crippen LogP contribution is -2.42. The Labute approximate surface area is 133 Å². The van der Waals surface area contributed by atoms with Gasteiger partial charge in [0.1, 0.15) is 6.61 Å². The summed E-state index contributed by atoms with van der Waals surface area (Å²) < 4.78 is 5.17. The number of ketones is 1. The molecule has 1 fully saturated rings. The molecule has 1 aliphatic carbocycles. The summed E-state index contributed by atoms with van der Waals surface area (Å²) in [5, 5.41) is 3.09. The lowest BCUT2D eigenvalue weighted by molar-refractivity contribution is -0.125. The summed E-state index contributed by atoms with van der Waals surface area (Å²) >= 11 is 3.23. The van der Waals surface area contributed by atoms with E-state index in [-0.39, 0.29) is 12.4 Å². The average molecular weight is 354 g/mol. The van der Waals surface area contributed by atoms with Crippen molar-refractivity contribution < 1.29 is 14.3 Å². The Balaban J connectivity index is 1.81. The monoisotopic (exact) mass is 353 g/mol. The van der Waals surface area contributed by atoms with E-state index in [0.29, 0.717) is 11.9 Å². The van der Waals surface area contributed by atoms with Crippen molar-refractivity contribution in [1.82, 2.24) is 5.32 Å². The van der Waals surface area contributed by atoms with Gasteiger partial charge in [0, 0.05) is 12.0 Å². The maximum Gasteiger partial charge on any atom is 0.407 e. The summed E-state index contributed by atoms with van der Waals surface area (Å²) in [5.41, 5.74) is 0.537. The van der Waals surface area contributed by atoms with Crippen LogP contribution in [0.5, 0.6) is 0 Å². The van der Waals surface area contributed by atoms with Crippen molar-refractivity contribution in [2.45, 2.75) is 32.3 Å². The minimum absolute atomic E-state index is 0.170. The number of Topliss-reactive ketones (excluding diaryl/α,β-unsaturated/α-hetero) is 1. The Morgan fingerprint density at radius 2 is 1.86 bits per heavy atom. The SMILES string of the molecule is O=C(NCC1(C(=O)CBr)CCCC1)OCc1ccccc1. The number of carbonyl (C=O) groups is 2. The Morgan fingerprint density at radius 3 is 2.48 bits per heavy atom. The maximum atomic E-state index is 12.1. The van der Waals surface area contributed by atoms with E-state index in [4.69, 9.17) is 4.74 Å². The molecule has 1 N–H and O–H groups in total. The normalized spacial score (nSPS) is 16.4. The van der Waals surface area contributed by atoms with E-state index in [2.05, 4.69) is 21.2 Å². The molecule has 0 spiro atoms. The van der Waals surface area contributed by atoms with Gasteiger partial charge in [-0.3, -0.25) is 4.79 Å². The number of hydrogen-bond acceptors (Lipinski definition) is 3. The number of halogens is 1. The molecule has 0 heterocycles. The predicted molar refractivity (Wildman–Crippen MR) is 84.3 cm³/mol. The number of rotatable bonds is 6. The van der Waals surface area contributed by atoms with Crippen LogP contribution in [0, 0.1) is 5.41 Å².